The van der Waals surface area contributed by atoms with Gasteiger partial charge in [-0.15, -0.1) is 0 Å². The number of aliphatic carboxylic acids is 2. The third-order valence-corrected chi connectivity index (χ3v) is 6.20. The average Bonchev–Trinajstić information content (AvgIpc) is 2.79. The molecule has 0 heterocycles. The monoisotopic (exact) mass is 280 g/mol. The number of carboxylic acids is 2. The maximum atomic E-state index is 11.6. The van der Waals surface area contributed by atoms with Crippen LogP contribution in [-0.2, 0) is 9.59 Å². The minimum atomic E-state index is -0.996. The second-order valence-corrected chi connectivity index (χ2v) is 7.08. The summed E-state index contributed by atoms with van der Waals surface area (Å²) in [6, 6.07) is 0. The fourth-order valence-electron chi connectivity index (χ4n) is 5.38. The van der Waals surface area contributed by atoms with Crippen molar-refractivity contribution in [3.05, 3.63) is 11.6 Å². The number of carbonyl (C=O) groups is 2. The molecule has 0 aromatic carbocycles. The minimum absolute atomic E-state index is 0.0594. The Kier molecular flexibility index (Phi) is 2.62. The average molecular weight is 280 g/mol. The fourth-order valence-corrected chi connectivity index (χ4v) is 5.38. The van der Waals surface area contributed by atoms with Gasteiger partial charge in [0, 0.05) is 11.0 Å². The Hall–Kier alpha value is -1.36. The molecule has 0 radical (unpaired) electrons. The van der Waals surface area contributed by atoms with Crippen molar-refractivity contribution in [3.8, 4) is 0 Å². The molecule has 2 bridgehead atoms. The van der Waals surface area contributed by atoms with Gasteiger partial charge in [-0.05, 0) is 42.6 Å². The van der Waals surface area contributed by atoms with Gasteiger partial charge in [-0.1, -0.05) is 13.8 Å². The molecule has 3 rings (SSSR count). The highest BCUT2D eigenvalue weighted by molar-refractivity contribution is 5.88. The lowest BCUT2D eigenvalue weighted by molar-refractivity contribution is -0.149. The van der Waals surface area contributed by atoms with Gasteiger partial charge < -0.3 is 15.3 Å². The molecule has 5 atom stereocenters. The molecule has 3 aliphatic rings. The summed E-state index contributed by atoms with van der Waals surface area (Å²) in [7, 11) is 0. The van der Waals surface area contributed by atoms with Crippen molar-refractivity contribution >= 4 is 11.9 Å². The van der Waals surface area contributed by atoms with Crippen LogP contribution in [0.3, 0.4) is 0 Å². The predicted octanol–water partition coefficient (Wildman–Crippen LogP) is 1.52. The van der Waals surface area contributed by atoms with E-state index in [9.17, 15) is 24.9 Å². The van der Waals surface area contributed by atoms with E-state index in [2.05, 4.69) is 0 Å². The molecule has 20 heavy (non-hydrogen) atoms. The van der Waals surface area contributed by atoms with Crippen molar-refractivity contribution in [3.63, 3.8) is 0 Å². The maximum Gasteiger partial charge on any atom is 0.331 e. The van der Waals surface area contributed by atoms with E-state index in [1.165, 1.54) is 6.08 Å². The molecule has 0 aromatic rings. The van der Waals surface area contributed by atoms with E-state index in [1.54, 1.807) is 0 Å². The third-order valence-electron chi connectivity index (χ3n) is 6.20. The molecule has 1 spiro atoms. The van der Waals surface area contributed by atoms with Crippen LogP contribution >= 0.6 is 0 Å². The van der Waals surface area contributed by atoms with E-state index < -0.39 is 29.4 Å². The Bertz CT molecular complexity index is 520. The predicted molar refractivity (Wildman–Crippen MR) is 69.9 cm³/mol. The number of hydrogen-bond donors (Lipinski definition) is 3. The Labute approximate surface area is 117 Å². The molecule has 3 N–H and O–H groups in total. The van der Waals surface area contributed by atoms with Gasteiger partial charge in [-0.3, -0.25) is 4.79 Å². The molecular formula is C15H20O5. The van der Waals surface area contributed by atoms with Gasteiger partial charge in [-0.25, -0.2) is 4.79 Å². The molecule has 2 fully saturated rings. The van der Waals surface area contributed by atoms with Crippen molar-refractivity contribution in [2.24, 2.45) is 28.6 Å². The van der Waals surface area contributed by atoms with Gasteiger partial charge in [0.2, 0.25) is 0 Å². The first-order valence-corrected chi connectivity index (χ1v) is 7.08. The fraction of sp³-hybridized carbons (Fsp3) is 0.733. The van der Waals surface area contributed by atoms with Gasteiger partial charge in [0.15, 0.2) is 0 Å². The van der Waals surface area contributed by atoms with Crippen LogP contribution in [0, 0.1) is 28.6 Å². The lowest BCUT2D eigenvalue weighted by atomic mass is 9.65. The molecular weight excluding hydrogens is 260 g/mol. The van der Waals surface area contributed by atoms with Crippen molar-refractivity contribution in [1.29, 1.82) is 0 Å². The molecule has 110 valence electrons. The summed E-state index contributed by atoms with van der Waals surface area (Å²) < 4.78 is 0. The van der Waals surface area contributed by atoms with Crippen molar-refractivity contribution in [1.82, 2.24) is 0 Å². The van der Waals surface area contributed by atoms with Gasteiger partial charge >= 0.3 is 11.9 Å². The second-order valence-electron chi connectivity index (χ2n) is 7.08. The number of rotatable bonds is 2. The highest BCUT2D eigenvalue weighted by Crippen LogP contribution is 2.71. The summed E-state index contributed by atoms with van der Waals surface area (Å²) >= 11 is 0. The van der Waals surface area contributed by atoms with E-state index in [-0.39, 0.29) is 22.8 Å². The zero-order chi connectivity index (χ0) is 14.9. The van der Waals surface area contributed by atoms with Crippen LogP contribution < -0.4 is 0 Å². The van der Waals surface area contributed by atoms with E-state index >= 15 is 0 Å². The molecule has 5 nitrogen and oxygen atoms in total. The molecule has 0 amide bonds. The number of aliphatic hydroxyl groups is 1. The van der Waals surface area contributed by atoms with Crippen molar-refractivity contribution in [2.75, 3.05) is 0 Å². The molecule has 0 aliphatic heterocycles. The Morgan fingerprint density at radius 3 is 2.45 bits per heavy atom. The van der Waals surface area contributed by atoms with Crippen molar-refractivity contribution < 1.29 is 24.9 Å². The van der Waals surface area contributed by atoms with Gasteiger partial charge in [0.25, 0.3) is 0 Å². The smallest absolute Gasteiger partial charge is 0.331 e. The zero-order valence-corrected chi connectivity index (χ0v) is 11.7. The molecule has 0 aromatic heterocycles. The molecule has 3 aliphatic carbocycles. The maximum absolute atomic E-state index is 11.6. The van der Waals surface area contributed by atoms with E-state index in [4.69, 9.17) is 0 Å². The lowest BCUT2D eigenvalue weighted by Crippen LogP contribution is -2.45. The minimum Gasteiger partial charge on any atom is -0.481 e. The normalized spacial score (nSPS) is 44.9. The first-order valence-electron chi connectivity index (χ1n) is 7.08. The summed E-state index contributed by atoms with van der Waals surface area (Å²) in [5.41, 5.74) is -0.711. The first kappa shape index (κ1) is 13.6. The molecule has 5 heteroatoms. The molecule has 0 unspecified atom stereocenters. The summed E-state index contributed by atoms with van der Waals surface area (Å²) in [5, 5.41) is 29.4. The number of carboxylic acid groups (broad SMARTS) is 2. The van der Waals surface area contributed by atoms with Crippen LogP contribution in [-0.4, -0.2) is 33.4 Å². The summed E-state index contributed by atoms with van der Waals surface area (Å²) in [6.07, 6.45) is 2.22. The standard InChI is InChI=1S/C15H20O5/c1-14(2)9-6-15(11(16)5-7(9)12(17)18)8(13(19)20)3-4-10(14)15/h5,8-11,16H,3-4,6H2,1-2H3,(H,17,18)(H,19,20)/t8-,9-,10-,11-,15+/m0/s1. The SMILES string of the molecule is CC1(C)[C@H]2C[C@@]3([C@@H](O)C=C2C(=O)O)[C@H](C(=O)O)CC[C@@H]13. The van der Waals surface area contributed by atoms with Gasteiger partial charge in [0.05, 0.1) is 12.0 Å². The Morgan fingerprint density at radius 1 is 1.25 bits per heavy atom. The van der Waals surface area contributed by atoms with Gasteiger partial charge in [0.1, 0.15) is 0 Å². The topological polar surface area (TPSA) is 94.8 Å². The zero-order valence-electron chi connectivity index (χ0n) is 11.7. The Balaban J connectivity index is 2.16. The number of aliphatic hydroxyl groups excluding tert-OH is 1. The summed E-state index contributed by atoms with van der Waals surface area (Å²) in [6.45, 7) is 4.03. The quantitative estimate of drug-likeness (QED) is 0.712. The Morgan fingerprint density at radius 2 is 1.90 bits per heavy atom. The largest absolute Gasteiger partial charge is 0.481 e. The number of fused-ring (bicyclic) bond motifs is 1. The second kappa shape index (κ2) is 3.85. The van der Waals surface area contributed by atoms with Crippen LogP contribution in [0.5, 0.6) is 0 Å². The summed E-state index contributed by atoms with van der Waals surface area (Å²) in [4.78, 5) is 23.0. The van der Waals surface area contributed by atoms with Crippen LogP contribution in [0.15, 0.2) is 11.6 Å². The number of hydrogen-bond acceptors (Lipinski definition) is 3. The summed E-state index contributed by atoms with van der Waals surface area (Å²) in [5.74, 6) is -2.54. The van der Waals surface area contributed by atoms with Gasteiger partial charge in [-0.2, -0.15) is 0 Å². The van der Waals surface area contributed by atoms with E-state index in [1.807, 2.05) is 13.8 Å². The highest BCUT2D eigenvalue weighted by Gasteiger charge is 2.70. The van der Waals surface area contributed by atoms with Crippen LogP contribution in [0.4, 0.5) is 0 Å². The highest BCUT2D eigenvalue weighted by atomic mass is 16.4. The molecule has 2 saturated carbocycles. The first-order chi connectivity index (χ1) is 9.22. The van der Waals surface area contributed by atoms with Crippen LogP contribution in [0.2, 0.25) is 0 Å². The van der Waals surface area contributed by atoms with Crippen molar-refractivity contribution in [2.45, 2.75) is 39.2 Å². The van der Waals surface area contributed by atoms with Crippen LogP contribution in [0.1, 0.15) is 33.1 Å². The van der Waals surface area contributed by atoms with Crippen LogP contribution in [0.25, 0.3) is 0 Å². The van der Waals surface area contributed by atoms with E-state index in [0.29, 0.717) is 12.8 Å². The van der Waals surface area contributed by atoms with E-state index in [0.717, 1.165) is 6.42 Å². The molecule has 0 saturated heterocycles. The lowest BCUT2D eigenvalue weighted by Gasteiger charge is -2.40. The third kappa shape index (κ3) is 1.36.